The van der Waals surface area contributed by atoms with E-state index >= 15 is 0 Å². The molecule has 4 aromatic rings. The zero-order valence-corrected chi connectivity index (χ0v) is 13.0. The van der Waals surface area contributed by atoms with Gasteiger partial charge in [0.2, 0.25) is 5.82 Å². The normalized spacial score (nSPS) is 10.2. The lowest BCUT2D eigenvalue weighted by atomic mass is 9.96. The van der Waals surface area contributed by atoms with Gasteiger partial charge in [-0.05, 0) is 12.1 Å². The van der Waals surface area contributed by atoms with E-state index in [2.05, 4.69) is 15.0 Å². The van der Waals surface area contributed by atoms with Crippen molar-refractivity contribution in [1.29, 1.82) is 21.0 Å². The molecule has 0 aliphatic carbocycles. The Bertz CT molecular complexity index is 1420. The van der Waals surface area contributed by atoms with Crippen LogP contribution in [0.2, 0.25) is 0 Å². The van der Waals surface area contributed by atoms with Crippen LogP contribution in [0.4, 0.5) is 0 Å². The van der Waals surface area contributed by atoms with E-state index in [1.807, 2.05) is 42.5 Å². The van der Waals surface area contributed by atoms with E-state index in [0.29, 0.717) is 16.4 Å². The zero-order valence-electron chi connectivity index (χ0n) is 13.0. The Hall–Kier alpha value is -4.59. The average Bonchev–Trinajstić information content (AvgIpc) is 2.70. The molecule has 116 valence electrons. The Labute approximate surface area is 146 Å². The second-order valence-corrected chi connectivity index (χ2v) is 5.39. The van der Waals surface area contributed by atoms with Gasteiger partial charge in [-0.1, -0.05) is 18.2 Å². The molecule has 0 N–H and O–H groups in total. The van der Waals surface area contributed by atoms with Crippen molar-refractivity contribution in [3.8, 4) is 24.3 Å². The summed E-state index contributed by atoms with van der Waals surface area (Å²) in [5, 5.41) is 39.3. The van der Waals surface area contributed by atoms with Gasteiger partial charge in [0.05, 0.1) is 33.1 Å². The van der Waals surface area contributed by atoms with Crippen LogP contribution in [0.1, 0.15) is 22.6 Å². The van der Waals surface area contributed by atoms with Crippen molar-refractivity contribution in [3.05, 3.63) is 53.0 Å². The van der Waals surface area contributed by atoms with Crippen molar-refractivity contribution >= 4 is 32.7 Å². The Balaban J connectivity index is 2.41. The van der Waals surface area contributed by atoms with Crippen LogP contribution in [0.15, 0.2) is 30.3 Å². The Morgan fingerprint density at radius 2 is 1.50 bits per heavy atom. The van der Waals surface area contributed by atoms with Gasteiger partial charge in [0.25, 0.3) is 0 Å². The Morgan fingerprint density at radius 1 is 0.731 bits per heavy atom. The summed E-state index contributed by atoms with van der Waals surface area (Å²) in [6.45, 7) is 0. The largest absolute Gasteiger partial charge is 0.246 e. The molecule has 0 radical (unpaired) electrons. The second-order valence-electron chi connectivity index (χ2n) is 5.39. The summed E-state index contributed by atoms with van der Waals surface area (Å²) in [6.07, 6.45) is 0. The quantitative estimate of drug-likeness (QED) is 0.357. The summed E-state index contributed by atoms with van der Waals surface area (Å²) in [7, 11) is 0. The molecular weight excluding hydrogens is 326 g/mol. The summed E-state index contributed by atoms with van der Waals surface area (Å²) in [6, 6.07) is 16.8. The lowest BCUT2D eigenvalue weighted by molar-refractivity contribution is 1.14. The van der Waals surface area contributed by atoms with Gasteiger partial charge >= 0.3 is 0 Å². The molecule has 7 heteroatoms. The third-order valence-corrected chi connectivity index (χ3v) is 4.05. The number of nitrogens with zero attached hydrogens (tertiary/aromatic N) is 7. The van der Waals surface area contributed by atoms with Crippen LogP contribution in [0.3, 0.4) is 0 Å². The second kappa shape index (κ2) is 5.49. The highest BCUT2D eigenvalue weighted by Gasteiger charge is 2.21. The van der Waals surface area contributed by atoms with Crippen molar-refractivity contribution in [2.24, 2.45) is 0 Å². The van der Waals surface area contributed by atoms with Crippen LogP contribution in [-0.4, -0.2) is 15.0 Å². The molecule has 0 amide bonds. The topological polar surface area (TPSA) is 134 Å². The molecule has 0 aliphatic heterocycles. The number of hydrogen-bond donors (Lipinski definition) is 0. The first-order valence-electron chi connectivity index (χ1n) is 7.39. The monoisotopic (exact) mass is 331 g/mol. The molecule has 0 aliphatic rings. The molecule has 0 atom stereocenters. The number of para-hydroxylation sites is 1. The first-order chi connectivity index (χ1) is 12.7. The van der Waals surface area contributed by atoms with E-state index in [0.717, 1.165) is 5.39 Å². The maximum atomic E-state index is 9.63. The fourth-order valence-electron chi connectivity index (χ4n) is 2.97. The van der Waals surface area contributed by atoms with Crippen molar-refractivity contribution in [1.82, 2.24) is 15.0 Å². The predicted octanol–water partition coefficient (Wildman–Crippen LogP) is 2.82. The van der Waals surface area contributed by atoms with Gasteiger partial charge in [0.1, 0.15) is 24.3 Å². The fourth-order valence-corrected chi connectivity index (χ4v) is 2.97. The third kappa shape index (κ3) is 1.93. The minimum absolute atomic E-state index is 0.0150. The van der Waals surface area contributed by atoms with Gasteiger partial charge in [-0.3, -0.25) is 0 Å². The molecule has 0 fully saturated rings. The Kier molecular flexibility index (Phi) is 3.16. The maximum Gasteiger partial charge on any atom is 0.234 e. The van der Waals surface area contributed by atoms with Gasteiger partial charge < -0.3 is 0 Å². The number of hydrogen-bond acceptors (Lipinski definition) is 7. The van der Waals surface area contributed by atoms with E-state index in [1.165, 1.54) is 0 Å². The molecule has 0 saturated carbocycles. The number of nitriles is 4. The number of rotatable bonds is 0. The van der Waals surface area contributed by atoms with Crippen molar-refractivity contribution in [2.45, 2.75) is 0 Å². The number of benzene rings is 2. The molecule has 26 heavy (non-hydrogen) atoms. The highest BCUT2D eigenvalue weighted by Crippen LogP contribution is 2.33. The zero-order chi connectivity index (χ0) is 18.3. The molecule has 0 spiro atoms. The minimum Gasteiger partial charge on any atom is -0.246 e. The maximum absolute atomic E-state index is 9.63. The lowest BCUT2D eigenvalue weighted by Crippen LogP contribution is -2.01. The van der Waals surface area contributed by atoms with E-state index in [-0.39, 0.29) is 33.5 Å². The van der Waals surface area contributed by atoms with Gasteiger partial charge in [-0.2, -0.15) is 21.0 Å². The summed E-state index contributed by atoms with van der Waals surface area (Å²) in [4.78, 5) is 12.6. The van der Waals surface area contributed by atoms with Crippen LogP contribution in [0.25, 0.3) is 32.7 Å². The third-order valence-electron chi connectivity index (χ3n) is 4.05. The van der Waals surface area contributed by atoms with Crippen LogP contribution < -0.4 is 0 Å². The van der Waals surface area contributed by atoms with Gasteiger partial charge in [-0.15, -0.1) is 0 Å². The molecule has 2 heterocycles. The van der Waals surface area contributed by atoms with E-state index in [4.69, 9.17) is 0 Å². The molecule has 2 aromatic heterocycles. The summed E-state index contributed by atoms with van der Waals surface area (Å²) in [5.74, 6) is -0.183. The lowest BCUT2D eigenvalue weighted by Gasteiger charge is -2.10. The Morgan fingerprint density at radius 3 is 2.19 bits per heavy atom. The molecule has 4 rings (SSSR count). The highest BCUT2D eigenvalue weighted by molar-refractivity contribution is 6.13. The summed E-state index contributed by atoms with van der Waals surface area (Å²) < 4.78 is 0. The molecule has 0 bridgehead atoms. The SMILES string of the molecule is N#Cc1nc(C#N)c2c(C#N)c(C#N)c3nc4ccccc4cc3c2n1. The van der Waals surface area contributed by atoms with Crippen LogP contribution in [0, 0.1) is 45.3 Å². The molecule has 2 aromatic carbocycles. The highest BCUT2D eigenvalue weighted by atomic mass is 14.9. The fraction of sp³-hybridized carbons (Fsp3) is 0. The first-order valence-corrected chi connectivity index (χ1v) is 7.39. The molecule has 0 unspecified atom stereocenters. The van der Waals surface area contributed by atoms with Crippen molar-refractivity contribution in [3.63, 3.8) is 0 Å². The smallest absolute Gasteiger partial charge is 0.234 e. The minimum atomic E-state index is -0.183. The first kappa shape index (κ1) is 15.0. The van der Waals surface area contributed by atoms with Crippen molar-refractivity contribution < 1.29 is 0 Å². The van der Waals surface area contributed by atoms with Gasteiger partial charge in [0, 0.05) is 10.8 Å². The van der Waals surface area contributed by atoms with Crippen LogP contribution >= 0.6 is 0 Å². The van der Waals surface area contributed by atoms with E-state index < -0.39 is 0 Å². The van der Waals surface area contributed by atoms with Gasteiger partial charge in [-0.25, -0.2) is 15.0 Å². The van der Waals surface area contributed by atoms with E-state index in [1.54, 1.807) is 12.1 Å². The number of pyridine rings is 1. The van der Waals surface area contributed by atoms with Crippen molar-refractivity contribution in [2.75, 3.05) is 0 Å². The summed E-state index contributed by atoms with van der Waals surface area (Å²) in [5.41, 5.74) is 1.16. The van der Waals surface area contributed by atoms with E-state index in [9.17, 15) is 21.0 Å². The molecule has 0 saturated heterocycles. The predicted molar refractivity (Wildman–Crippen MR) is 91.2 cm³/mol. The average molecular weight is 331 g/mol. The van der Waals surface area contributed by atoms with Crippen LogP contribution in [-0.2, 0) is 0 Å². The number of fused-ring (bicyclic) bond motifs is 4. The number of aromatic nitrogens is 3. The summed E-state index contributed by atoms with van der Waals surface area (Å²) >= 11 is 0. The van der Waals surface area contributed by atoms with Gasteiger partial charge in [0.15, 0.2) is 5.69 Å². The molecular formula is C19H5N7. The van der Waals surface area contributed by atoms with Crippen LogP contribution in [0.5, 0.6) is 0 Å². The standard InChI is InChI=1S/C19H5N7/c20-6-12-13(7-21)18-11(5-10-3-1-2-4-14(10)25-18)19-17(12)15(8-22)24-16(9-23)26-19/h1-5H. The molecule has 7 nitrogen and oxygen atoms in total.